The molecule has 1 unspecified atom stereocenters. The van der Waals surface area contributed by atoms with E-state index in [1.54, 1.807) is 0 Å². The molecule has 1 radical (unpaired) electrons. The smallest absolute Gasteiger partial charge is 0.0914 e. The Morgan fingerprint density at radius 2 is 2.10 bits per heavy atom. The molecule has 0 fully saturated rings. The quantitative estimate of drug-likeness (QED) is 0.502. The molecule has 0 aromatic carbocycles. The molecule has 1 atom stereocenters. The van der Waals surface area contributed by atoms with Gasteiger partial charge in [-0.15, -0.1) is 0 Å². The normalized spacial score (nSPS) is 26.0. The number of hydrogen-bond acceptors (Lipinski definition) is 1. The second-order valence-corrected chi connectivity index (χ2v) is 2.92. The molecule has 0 saturated heterocycles. The van der Waals surface area contributed by atoms with Crippen LogP contribution in [0.25, 0.3) is 0 Å². The Labute approximate surface area is 74.7 Å². The molecule has 53 valence electrons. The SMILES string of the molecule is CC1=C(O)CCCC1C.[Li]. The van der Waals surface area contributed by atoms with E-state index < -0.39 is 0 Å². The Morgan fingerprint density at radius 1 is 1.50 bits per heavy atom. The van der Waals surface area contributed by atoms with E-state index in [0.29, 0.717) is 11.7 Å². The second kappa shape index (κ2) is 4.11. The van der Waals surface area contributed by atoms with Gasteiger partial charge in [-0.1, -0.05) is 6.92 Å². The molecular weight excluding hydrogens is 119 g/mol. The van der Waals surface area contributed by atoms with Crippen LogP contribution in [0, 0.1) is 5.92 Å². The maximum absolute atomic E-state index is 9.23. The number of hydrogen-bond donors (Lipinski definition) is 1. The van der Waals surface area contributed by atoms with Crippen LogP contribution in [0.1, 0.15) is 33.1 Å². The molecular formula is C8H14LiO. The van der Waals surface area contributed by atoms with Gasteiger partial charge in [-0.2, -0.15) is 0 Å². The first-order chi connectivity index (χ1) is 4.22. The summed E-state index contributed by atoms with van der Waals surface area (Å²) in [6.07, 6.45) is 3.30. The van der Waals surface area contributed by atoms with Gasteiger partial charge in [0.25, 0.3) is 0 Å². The Kier molecular flexibility index (Phi) is 4.16. The predicted molar refractivity (Wildman–Crippen MR) is 44.1 cm³/mol. The molecule has 1 nitrogen and oxygen atoms in total. The fourth-order valence-electron chi connectivity index (χ4n) is 1.27. The van der Waals surface area contributed by atoms with Crippen molar-refractivity contribution in [2.75, 3.05) is 0 Å². The summed E-state index contributed by atoms with van der Waals surface area (Å²) in [6, 6.07) is 0. The standard InChI is InChI=1S/C8H14O.Li/c1-6-4-3-5-8(9)7(6)2;/h6,9H,3-5H2,1-2H3;. The monoisotopic (exact) mass is 133 g/mol. The third-order valence-corrected chi connectivity index (χ3v) is 2.25. The van der Waals surface area contributed by atoms with E-state index in [4.69, 9.17) is 0 Å². The summed E-state index contributed by atoms with van der Waals surface area (Å²) in [4.78, 5) is 0. The van der Waals surface area contributed by atoms with Crippen LogP contribution in [0.5, 0.6) is 0 Å². The van der Waals surface area contributed by atoms with Crippen molar-refractivity contribution in [3.05, 3.63) is 11.3 Å². The zero-order chi connectivity index (χ0) is 6.85. The molecule has 0 saturated carbocycles. The summed E-state index contributed by atoms with van der Waals surface area (Å²) in [5.74, 6) is 1.24. The molecule has 0 spiro atoms. The van der Waals surface area contributed by atoms with Crippen molar-refractivity contribution in [2.45, 2.75) is 33.1 Å². The largest absolute Gasteiger partial charge is 0.512 e. The Hall–Kier alpha value is 0.137. The van der Waals surface area contributed by atoms with Crippen molar-refractivity contribution < 1.29 is 5.11 Å². The van der Waals surface area contributed by atoms with E-state index in [9.17, 15) is 5.11 Å². The number of allylic oxidation sites excluding steroid dienone is 2. The third kappa shape index (κ3) is 2.07. The van der Waals surface area contributed by atoms with Gasteiger partial charge in [-0.3, -0.25) is 0 Å². The molecule has 0 aliphatic heterocycles. The van der Waals surface area contributed by atoms with Crippen molar-refractivity contribution in [3.8, 4) is 0 Å². The topological polar surface area (TPSA) is 20.2 Å². The summed E-state index contributed by atoms with van der Waals surface area (Å²) < 4.78 is 0. The first kappa shape index (κ1) is 10.1. The van der Waals surface area contributed by atoms with Gasteiger partial charge in [0.15, 0.2) is 0 Å². The van der Waals surface area contributed by atoms with Gasteiger partial charge in [-0.25, -0.2) is 0 Å². The van der Waals surface area contributed by atoms with Crippen LogP contribution in [-0.2, 0) is 0 Å². The van der Waals surface area contributed by atoms with Gasteiger partial charge in [0.1, 0.15) is 0 Å². The zero-order valence-electron chi connectivity index (χ0n) is 7.15. The summed E-state index contributed by atoms with van der Waals surface area (Å²) in [7, 11) is 0. The van der Waals surface area contributed by atoms with Crippen molar-refractivity contribution in [1.29, 1.82) is 0 Å². The van der Waals surface area contributed by atoms with E-state index in [0.717, 1.165) is 12.8 Å². The van der Waals surface area contributed by atoms with Crippen LogP contribution >= 0.6 is 0 Å². The fourth-order valence-corrected chi connectivity index (χ4v) is 1.27. The van der Waals surface area contributed by atoms with Crippen LogP contribution in [0.4, 0.5) is 0 Å². The molecule has 0 heterocycles. The third-order valence-electron chi connectivity index (χ3n) is 2.25. The molecule has 1 aliphatic rings. The summed E-state index contributed by atoms with van der Waals surface area (Å²) in [5, 5.41) is 9.23. The minimum atomic E-state index is 0. The van der Waals surface area contributed by atoms with E-state index in [2.05, 4.69) is 6.92 Å². The van der Waals surface area contributed by atoms with E-state index in [1.807, 2.05) is 6.92 Å². The van der Waals surface area contributed by atoms with Crippen LogP contribution in [-0.4, -0.2) is 24.0 Å². The van der Waals surface area contributed by atoms with E-state index >= 15 is 0 Å². The minimum absolute atomic E-state index is 0. The molecule has 10 heavy (non-hydrogen) atoms. The summed E-state index contributed by atoms with van der Waals surface area (Å²) in [6.45, 7) is 4.20. The number of aliphatic hydroxyl groups excluding tert-OH is 1. The van der Waals surface area contributed by atoms with Crippen molar-refractivity contribution in [2.24, 2.45) is 5.92 Å². The second-order valence-electron chi connectivity index (χ2n) is 2.92. The van der Waals surface area contributed by atoms with Crippen LogP contribution in [0.3, 0.4) is 0 Å². The van der Waals surface area contributed by atoms with Crippen molar-refractivity contribution in [3.63, 3.8) is 0 Å². The van der Waals surface area contributed by atoms with Gasteiger partial charge in [0.2, 0.25) is 0 Å². The molecule has 0 aromatic heterocycles. The van der Waals surface area contributed by atoms with Crippen molar-refractivity contribution in [1.82, 2.24) is 0 Å². The first-order valence-electron chi connectivity index (χ1n) is 3.60. The molecule has 1 rings (SSSR count). The van der Waals surface area contributed by atoms with Gasteiger partial charge in [0.05, 0.1) is 5.76 Å². The van der Waals surface area contributed by atoms with Crippen LogP contribution in [0.2, 0.25) is 0 Å². The molecule has 0 bridgehead atoms. The van der Waals surface area contributed by atoms with E-state index in [-0.39, 0.29) is 18.9 Å². The van der Waals surface area contributed by atoms with Crippen molar-refractivity contribution >= 4 is 18.9 Å². The first-order valence-corrected chi connectivity index (χ1v) is 3.60. The van der Waals surface area contributed by atoms with Crippen LogP contribution < -0.4 is 0 Å². The molecule has 0 amide bonds. The molecule has 1 aliphatic carbocycles. The van der Waals surface area contributed by atoms with Gasteiger partial charge in [-0.05, 0) is 31.3 Å². The molecule has 0 aromatic rings. The Morgan fingerprint density at radius 3 is 2.50 bits per heavy atom. The van der Waals surface area contributed by atoms with E-state index in [1.165, 1.54) is 12.0 Å². The number of aliphatic hydroxyl groups is 1. The maximum Gasteiger partial charge on any atom is 0.0914 e. The predicted octanol–water partition coefficient (Wildman–Crippen LogP) is 2.26. The number of rotatable bonds is 0. The average molecular weight is 133 g/mol. The maximum atomic E-state index is 9.23. The Bertz CT molecular complexity index is 140. The van der Waals surface area contributed by atoms with Gasteiger partial charge < -0.3 is 5.11 Å². The summed E-state index contributed by atoms with van der Waals surface area (Å²) in [5.41, 5.74) is 1.20. The van der Waals surface area contributed by atoms with Gasteiger partial charge >= 0.3 is 0 Å². The average Bonchev–Trinajstić information content (AvgIpc) is 1.83. The zero-order valence-corrected chi connectivity index (χ0v) is 7.15. The van der Waals surface area contributed by atoms with Crippen LogP contribution in [0.15, 0.2) is 11.3 Å². The van der Waals surface area contributed by atoms with Gasteiger partial charge in [0, 0.05) is 25.3 Å². The Balaban J connectivity index is 0.000000810. The minimum Gasteiger partial charge on any atom is -0.512 e. The summed E-state index contributed by atoms with van der Waals surface area (Å²) >= 11 is 0. The molecule has 2 heteroatoms. The molecule has 1 N–H and O–H groups in total. The fraction of sp³-hybridized carbons (Fsp3) is 0.750.